The van der Waals surface area contributed by atoms with Gasteiger partial charge in [0, 0.05) is 17.0 Å². The van der Waals surface area contributed by atoms with Crippen LogP contribution in [0.15, 0.2) is 72.8 Å². The molecule has 0 saturated heterocycles. The number of amides is 1. The number of carbonyl (C=O) groups excluding carboxylic acids is 2. The van der Waals surface area contributed by atoms with Crippen LogP contribution in [0.2, 0.25) is 5.02 Å². The second-order valence-corrected chi connectivity index (χ2v) is 9.32. The number of benzene rings is 3. The number of hydrogen-bond donors (Lipinski definition) is 2. The van der Waals surface area contributed by atoms with Crippen molar-refractivity contribution in [1.29, 1.82) is 5.26 Å². The highest BCUT2D eigenvalue weighted by atomic mass is 35.5. The molecule has 0 saturated carbocycles. The van der Waals surface area contributed by atoms with Gasteiger partial charge >= 0.3 is 5.97 Å². The van der Waals surface area contributed by atoms with E-state index in [-0.39, 0.29) is 23.3 Å². The molecular weight excluding hydrogens is 464 g/mol. The van der Waals surface area contributed by atoms with E-state index in [1.165, 1.54) is 38.1 Å². The average molecular weight is 491 g/mol. The number of nitriles is 1. The predicted molar refractivity (Wildman–Crippen MR) is 134 cm³/mol. The fourth-order valence-corrected chi connectivity index (χ4v) is 3.84. The van der Waals surface area contributed by atoms with E-state index < -0.39 is 17.5 Å². The number of rotatable bonds is 8. The molecule has 7 heteroatoms. The standard InChI is InChI=1S/C28H27ClN2O4/c1-18(31-27(34)28(2,3)35-26(33)21-9-13-24(32)14-10-21)25(16-19-7-11-23(29)12-8-19)22-6-4-5-20(15-22)17-30/h4-15,18,25,32H,16H2,1-3H3,(H,31,34). The summed E-state index contributed by atoms with van der Waals surface area (Å²) in [6.45, 7) is 4.94. The monoisotopic (exact) mass is 490 g/mol. The lowest BCUT2D eigenvalue weighted by atomic mass is 9.85. The highest BCUT2D eigenvalue weighted by molar-refractivity contribution is 6.30. The quantitative estimate of drug-likeness (QED) is 0.413. The third kappa shape index (κ3) is 6.84. The van der Waals surface area contributed by atoms with Crippen molar-refractivity contribution < 1.29 is 19.4 Å². The molecule has 3 rings (SSSR count). The Bertz CT molecular complexity index is 1230. The summed E-state index contributed by atoms with van der Waals surface area (Å²) in [5, 5.41) is 22.4. The summed E-state index contributed by atoms with van der Waals surface area (Å²) in [5.41, 5.74) is 1.25. The van der Waals surface area contributed by atoms with Crippen LogP contribution in [0.25, 0.3) is 0 Å². The van der Waals surface area contributed by atoms with Gasteiger partial charge in [0.05, 0.1) is 17.2 Å². The molecule has 0 fully saturated rings. The summed E-state index contributed by atoms with van der Waals surface area (Å²) in [6.07, 6.45) is 0.598. The Labute approximate surface area is 210 Å². The summed E-state index contributed by atoms with van der Waals surface area (Å²) in [5.74, 6) is -1.25. The molecule has 3 aromatic carbocycles. The summed E-state index contributed by atoms with van der Waals surface area (Å²) >= 11 is 6.03. The Morgan fingerprint density at radius 2 is 1.74 bits per heavy atom. The van der Waals surface area contributed by atoms with Gasteiger partial charge in [0.2, 0.25) is 0 Å². The molecule has 2 atom stereocenters. The molecule has 35 heavy (non-hydrogen) atoms. The summed E-state index contributed by atoms with van der Waals surface area (Å²) in [4.78, 5) is 25.7. The molecule has 180 valence electrons. The number of carbonyl (C=O) groups is 2. The maximum Gasteiger partial charge on any atom is 0.339 e. The molecule has 0 bridgehead atoms. The fourth-order valence-electron chi connectivity index (χ4n) is 3.71. The molecule has 0 aliphatic carbocycles. The fraction of sp³-hybridized carbons (Fsp3) is 0.250. The van der Waals surface area contributed by atoms with Crippen molar-refractivity contribution in [3.8, 4) is 11.8 Å². The molecule has 2 unspecified atom stereocenters. The number of phenols is 1. The molecule has 0 spiro atoms. The molecular formula is C28H27ClN2O4. The van der Waals surface area contributed by atoms with E-state index in [0.717, 1.165) is 11.1 Å². The number of nitrogens with zero attached hydrogens (tertiary/aromatic N) is 1. The number of esters is 1. The molecule has 0 heterocycles. The van der Waals surface area contributed by atoms with Gasteiger partial charge in [-0.25, -0.2) is 4.79 Å². The highest BCUT2D eigenvalue weighted by Gasteiger charge is 2.34. The van der Waals surface area contributed by atoms with Crippen LogP contribution < -0.4 is 5.32 Å². The number of ether oxygens (including phenoxy) is 1. The molecule has 0 aromatic heterocycles. The summed E-state index contributed by atoms with van der Waals surface area (Å²) in [6, 6.07) is 22.2. The first kappa shape index (κ1) is 25.8. The zero-order valence-corrected chi connectivity index (χ0v) is 20.5. The van der Waals surface area contributed by atoms with E-state index >= 15 is 0 Å². The summed E-state index contributed by atoms with van der Waals surface area (Å²) in [7, 11) is 0. The van der Waals surface area contributed by atoms with Crippen LogP contribution >= 0.6 is 11.6 Å². The predicted octanol–water partition coefficient (Wildman–Crippen LogP) is 5.38. The average Bonchev–Trinajstić information content (AvgIpc) is 2.83. The zero-order valence-electron chi connectivity index (χ0n) is 19.8. The molecule has 2 N–H and O–H groups in total. The van der Waals surface area contributed by atoms with Gasteiger partial charge in [-0.1, -0.05) is 35.9 Å². The second kappa shape index (κ2) is 11.1. The van der Waals surface area contributed by atoms with Crippen LogP contribution in [0.1, 0.15) is 53.7 Å². The smallest absolute Gasteiger partial charge is 0.339 e. The number of aromatic hydroxyl groups is 1. The number of halogens is 1. The van der Waals surface area contributed by atoms with Gasteiger partial charge in [-0.05, 0) is 86.8 Å². The van der Waals surface area contributed by atoms with Gasteiger partial charge < -0.3 is 15.2 Å². The molecule has 0 aliphatic rings. The van der Waals surface area contributed by atoms with E-state index in [9.17, 15) is 20.0 Å². The van der Waals surface area contributed by atoms with Crippen molar-refractivity contribution >= 4 is 23.5 Å². The van der Waals surface area contributed by atoms with Crippen LogP contribution in [0.4, 0.5) is 0 Å². The SMILES string of the molecule is CC(NC(=O)C(C)(C)OC(=O)c1ccc(O)cc1)C(Cc1ccc(Cl)cc1)c1cccc(C#N)c1. The number of phenolic OH excluding ortho intramolecular Hbond substituents is 1. The van der Waals surface area contributed by atoms with Crippen LogP contribution in [-0.2, 0) is 16.0 Å². The van der Waals surface area contributed by atoms with E-state index in [1.54, 1.807) is 6.07 Å². The van der Waals surface area contributed by atoms with Crippen molar-refractivity contribution in [2.24, 2.45) is 0 Å². The maximum absolute atomic E-state index is 13.2. The van der Waals surface area contributed by atoms with Gasteiger partial charge in [0.15, 0.2) is 5.60 Å². The third-order valence-corrected chi connectivity index (χ3v) is 6.02. The third-order valence-electron chi connectivity index (χ3n) is 5.77. The maximum atomic E-state index is 13.2. The lowest BCUT2D eigenvalue weighted by molar-refractivity contribution is -0.138. The highest BCUT2D eigenvalue weighted by Crippen LogP contribution is 2.27. The van der Waals surface area contributed by atoms with Gasteiger partial charge in [-0.2, -0.15) is 5.26 Å². The lowest BCUT2D eigenvalue weighted by Crippen LogP contribution is -2.50. The molecule has 3 aromatic rings. The van der Waals surface area contributed by atoms with E-state index in [2.05, 4.69) is 11.4 Å². The van der Waals surface area contributed by atoms with Crippen molar-refractivity contribution in [2.45, 2.75) is 44.8 Å². The Kier molecular flexibility index (Phi) is 8.16. The molecule has 0 aliphatic heterocycles. The first-order valence-electron chi connectivity index (χ1n) is 11.2. The Morgan fingerprint density at radius 1 is 1.09 bits per heavy atom. The zero-order chi connectivity index (χ0) is 25.6. The van der Waals surface area contributed by atoms with E-state index in [4.69, 9.17) is 16.3 Å². The molecule has 6 nitrogen and oxygen atoms in total. The first-order valence-corrected chi connectivity index (χ1v) is 11.5. The molecule has 1 amide bonds. The minimum absolute atomic E-state index is 0.0274. The topological polar surface area (TPSA) is 99.4 Å². The normalized spacial score (nSPS) is 12.8. The van der Waals surface area contributed by atoms with E-state index in [1.807, 2.05) is 49.4 Å². The number of nitrogens with one attached hydrogen (secondary N) is 1. The van der Waals surface area contributed by atoms with Crippen molar-refractivity contribution in [1.82, 2.24) is 5.32 Å². The Balaban J connectivity index is 1.79. The largest absolute Gasteiger partial charge is 0.508 e. The van der Waals surface area contributed by atoms with Crippen LogP contribution in [-0.4, -0.2) is 28.6 Å². The minimum atomic E-state index is -1.44. The molecule has 0 radical (unpaired) electrons. The van der Waals surface area contributed by atoms with Gasteiger partial charge in [0.25, 0.3) is 5.91 Å². The van der Waals surface area contributed by atoms with Crippen LogP contribution in [0.5, 0.6) is 5.75 Å². The second-order valence-electron chi connectivity index (χ2n) is 8.88. The minimum Gasteiger partial charge on any atom is -0.508 e. The van der Waals surface area contributed by atoms with Crippen LogP contribution in [0.3, 0.4) is 0 Å². The first-order chi connectivity index (χ1) is 16.6. The van der Waals surface area contributed by atoms with Gasteiger partial charge in [-0.15, -0.1) is 0 Å². The van der Waals surface area contributed by atoms with E-state index in [0.29, 0.717) is 17.0 Å². The van der Waals surface area contributed by atoms with Crippen molar-refractivity contribution in [3.63, 3.8) is 0 Å². The lowest BCUT2D eigenvalue weighted by Gasteiger charge is -2.30. The van der Waals surface area contributed by atoms with Crippen LogP contribution in [0, 0.1) is 11.3 Å². The van der Waals surface area contributed by atoms with Gasteiger partial charge in [0.1, 0.15) is 5.75 Å². The number of hydrogen-bond acceptors (Lipinski definition) is 5. The Morgan fingerprint density at radius 3 is 2.37 bits per heavy atom. The van der Waals surface area contributed by atoms with Gasteiger partial charge in [-0.3, -0.25) is 4.79 Å². The van der Waals surface area contributed by atoms with Crippen molar-refractivity contribution in [3.05, 3.63) is 100 Å². The summed E-state index contributed by atoms with van der Waals surface area (Å²) < 4.78 is 5.49. The Hall–Kier alpha value is -3.82. The van der Waals surface area contributed by atoms with Crippen molar-refractivity contribution in [2.75, 3.05) is 0 Å².